The van der Waals surface area contributed by atoms with Gasteiger partial charge < -0.3 is 5.11 Å². The number of carboxylic acids is 1. The third kappa shape index (κ3) is 2.89. The van der Waals surface area contributed by atoms with Crippen LogP contribution in [0.2, 0.25) is 0 Å². The highest BCUT2D eigenvalue weighted by Gasteiger charge is 2.42. The maximum absolute atomic E-state index is 11.9. The van der Waals surface area contributed by atoms with Crippen LogP contribution in [0.1, 0.15) is 55.7 Å². The highest BCUT2D eigenvalue weighted by atomic mass is 16.4. The molecule has 1 aliphatic carbocycles. The Labute approximate surface area is 122 Å². The number of benzene rings is 1. The third-order valence-corrected chi connectivity index (χ3v) is 5.25. The minimum Gasteiger partial charge on any atom is -0.481 e. The van der Waals surface area contributed by atoms with E-state index in [0.717, 1.165) is 31.6 Å². The molecule has 0 aromatic heterocycles. The summed E-state index contributed by atoms with van der Waals surface area (Å²) in [6, 6.07) is 6.24. The molecule has 1 aliphatic rings. The van der Waals surface area contributed by atoms with E-state index in [4.69, 9.17) is 0 Å². The first-order valence-corrected chi connectivity index (χ1v) is 7.77. The maximum atomic E-state index is 11.9. The fourth-order valence-electron chi connectivity index (χ4n) is 3.57. The van der Waals surface area contributed by atoms with E-state index in [2.05, 4.69) is 39.0 Å². The zero-order chi connectivity index (χ0) is 14.8. The van der Waals surface area contributed by atoms with Crippen LogP contribution in [0.4, 0.5) is 0 Å². The highest BCUT2D eigenvalue weighted by molar-refractivity contribution is 5.75. The molecule has 1 aromatic carbocycles. The molecule has 0 spiro atoms. The monoisotopic (exact) mass is 274 g/mol. The first-order valence-electron chi connectivity index (χ1n) is 7.77. The minimum absolute atomic E-state index is 0.539. The van der Waals surface area contributed by atoms with E-state index in [9.17, 15) is 9.90 Å². The van der Waals surface area contributed by atoms with Crippen molar-refractivity contribution in [2.24, 2.45) is 11.3 Å². The summed E-state index contributed by atoms with van der Waals surface area (Å²) in [4.78, 5) is 11.9. The quantitative estimate of drug-likeness (QED) is 0.876. The van der Waals surface area contributed by atoms with E-state index in [-0.39, 0.29) is 0 Å². The lowest BCUT2D eigenvalue weighted by molar-refractivity contribution is -0.151. The second-order valence-electron chi connectivity index (χ2n) is 6.48. The highest BCUT2D eigenvalue weighted by Crippen LogP contribution is 2.43. The zero-order valence-corrected chi connectivity index (χ0v) is 12.9. The predicted molar refractivity (Wildman–Crippen MR) is 81.9 cm³/mol. The number of aryl methyl sites for hydroxylation is 2. The molecule has 0 heterocycles. The zero-order valence-electron chi connectivity index (χ0n) is 12.9. The van der Waals surface area contributed by atoms with Crippen molar-refractivity contribution in [1.29, 1.82) is 0 Å². The second-order valence-corrected chi connectivity index (χ2v) is 6.48. The summed E-state index contributed by atoms with van der Waals surface area (Å²) in [5, 5.41) is 9.79. The number of carboxylic acid groups (broad SMARTS) is 1. The van der Waals surface area contributed by atoms with Crippen molar-refractivity contribution in [3.63, 3.8) is 0 Å². The van der Waals surface area contributed by atoms with Crippen molar-refractivity contribution in [2.45, 2.75) is 59.3 Å². The van der Waals surface area contributed by atoms with Crippen LogP contribution >= 0.6 is 0 Å². The number of carbonyl (C=O) groups is 1. The molecule has 0 unspecified atom stereocenters. The molecule has 1 N–H and O–H groups in total. The lowest BCUT2D eigenvalue weighted by Crippen LogP contribution is -2.37. The van der Waals surface area contributed by atoms with E-state index < -0.39 is 11.4 Å². The van der Waals surface area contributed by atoms with Crippen LogP contribution < -0.4 is 0 Å². The summed E-state index contributed by atoms with van der Waals surface area (Å²) in [6.45, 7) is 6.40. The Balaban J connectivity index is 2.25. The van der Waals surface area contributed by atoms with Gasteiger partial charge in [0.2, 0.25) is 0 Å². The van der Waals surface area contributed by atoms with Gasteiger partial charge in [-0.25, -0.2) is 0 Å². The van der Waals surface area contributed by atoms with Gasteiger partial charge in [0.15, 0.2) is 0 Å². The summed E-state index contributed by atoms with van der Waals surface area (Å²) >= 11 is 0. The average Bonchev–Trinajstić information content (AvgIpc) is 2.43. The fourth-order valence-corrected chi connectivity index (χ4v) is 3.57. The first kappa shape index (κ1) is 15.1. The molecule has 0 radical (unpaired) electrons. The molecular formula is C18H26O2. The van der Waals surface area contributed by atoms with Crippen molar-refractivity contribution in [3.8, 4) is 0 Å². The molecular weight excluding hydrogens is 248 g/mol. The Bertz CT molecular complexity index is 462. The van der Waals surface area contributed by atoms with Gasteiger partial charge in [-0.1, -0.05) is 31.5 Å². The average molecular weight is 274 g/mol. The first-order chi connectivity index (χ1) is 9.48. The van der Waals surface area contributed by atoms with Gasteiger partial charge >= 0.3 is 5.97 Å². The molecule has 0 aliphatic heterocycles. The van der Waals surface area contributed by atoms with Crippen LogP contribution in [0.3, 0.4) is 0 Å². The summed E-state index contributed by atoms with van der Waals surface area (Å²) in [5.74, 6) is 0.121. The van der Waals surface area contributed by atoms with Gasteiger partial charge in [-0.05, 0) is 68.6 Å². The van der Waals surface area contributed by atoms with Gasteiger partial charge in [0, 0.05) is 0 Å². The van der Waals surface area contributed by atoms with Crippen LogP contribution in [0, 0.1) is 25.2 Å². The van der Waals surface area contributed by atoms with Gasteiger partial charge in [-0.3, -0.25) is 4.79 Å². The van der Waals surface area contributed by atoms with E-state index in [1.165, 1.54) is 23.1 Å². The third-order valence-electron chi connectivity index (χ3n) is 5.25. The lowest BCUT2D eigenvalue weighted by Gasteiger charge is -2.37. The molecule has 0 atom stereocenters. The van der Waals surface area contributed by atoms with E-state index in [1.807, 2.05) is 0 Å². The maximum Gasteiger partial charge on any atom is 0.309 e. The second kappa shape index (κ2) is 5.99. The molecule has 1 saturated carbocycles. The number of aliphatic carboxylic acids is 1. The molecule has 2 heteroatoms. The Kier molecular flexibility index (Phi) is 4.52. The summed E-state index contributed by atoms with van der Waals surface area (Å²) in [7, 11) is 0. The van der Waals surface area contributed by atoms with Crippen molar-refractivity contribution in [1.82, 2.24) is 0 Å². The molecule has 0 amide bonds. The Morgan fingerprint density at radius 1 is 1.25 bits per heavy atom. The molecule has 20 heavy (non-hydrogen) atoms. The minimum atomic E-state index is -0.602. The molecule has 110 valence electrons. The van der Waals surface area contributed by atoms with Gasteiger partial charge in [-0.15, -0.1) is 0 Å². The van der Waals surface area contributed by atoms with Gasteiger partial charge in [-0.2, -0.15) is 0 Å². The fraction of sp³-hybridized carbons (Fsp3) is 0.611. The van der Waals surface area contributed by atoms with Crippen molar-refractivity contribution >= 4 is 5.97 Å². The van der Waals surface area contributed by atoms with Crippen LogP contribution in [0.15, 0.2) is 18.2 Å². The summed E-state index contributed by atoms with van der Waals surface area (Å²) in [6.07, 6.45) is 5.65. The number of rotatable bonds is 4. The van der Waals surface area contributed by atoms with Crippen LogP contribution in [-0.4, -0.2) is 11.1 Å². The number of hydrogen-bond acceptors (Lipinski definition) is 1. The molecule has 1 aromatic rings. The Hall–Kier alpha value is -1.31. The Morgan fingerprint density at radius 3 is 2.25 bits per heavy atom. The normalized spacial score (nSPS) is 26.4. The van der Waals surface area contributed by atoms with Crippen molar-refractivity contribution < 1.29 is 9.90 Å². The van der Waals surface area contributed by atoms with Gasteiger partial charge in [0.1, 0.15) is 0 Å². The number of hydrogen-bond donors (Lipinski definition) is 1. The standard InChI is InChI=1S/C18H26O2/c1-4-15-8-10-18(11-9-15,17(19)20)12-16-13(2)6-5-7-14(16)3/h5-7,15H,4,8-12H2,1-3H3,(H,19,20). The molecule has 2 rings (SSSR count). The largest absolute Gasteiger partial charge is 0.481 e. The molecule has 1 fully saturated rings. The predicted octanol–water partition coefficient (Wildman–Crippen LogP) is 4.52. The summed E-state index contributed by atoms with van der Waals surface area (Å²) < 4.78 is 0. The van der Waals surface area contributed by atoms with E-state index >= 15 is 0 Å². The van der Waals surface area contributed by atoms with Gasteiger partial charge in [0.25, 0.3) is 0 Å². The molecule has 0 saturated heterocycles. The lowest BCUT2D eigenvalue weighted by atomic mass is 9.66. The van der Waals surface area contributed by atoms with E-state index in [1.54, 1.807) is 0 Å². The van der Waals surface area contributed by atoms with Crippen LogP contribution in [0.5, 0.6) is 0 Å². The van der Waals surface area contributed by atoms with Gasteiger partial charge in [0.05, 0.1) is 5.41 Å². The Morgan fingerprint density at radius 2 is 1.80 bits per heavy atom. The topological polar surface area (TPSA) is 37.3 Å². The summed E-state index contributed by atoms with van der Waals surface area (Å²) in [5.41, 5.74) is 3.15. The van der Waals surface area contributed by atoms with E-state index in [0.29, 0.717) is 6.42 Å². The molecule has 0 bridgehead atoms. The van der Waals surface area contributed by atoms with Crippen molar-refractivity contribution in [2.75, 3.05) is 0 Å². The smallest absolute Gasteiger partial charge is 0.309 e. The van der Waals surface area contributed by atoms with Crippen LogP contribution in [-0.2, 0) is 11.2 Å². The van der Waals surface area contributed by atoms with Crippen LogP contribution in [0.25, 0.3) is 0 Å². The van der Waals surface area contributed by atoms with Crippen molar-refractivity contribution in [3.05, 3.63) is 34.9 Å². The molecule has 2 nitrogen and oxygen atoms in total. The SMILES string of the molecule is CCC1CCC(Cc2c(C)cccc2C)(C(=O)O)CC1.